The zero-order valence-electron chi connectivity index (χ0n) is 6.30. The van der Waals surface area contributed by atoms with Gasteiger partial charge in [-0.3, -0.25) is 0 Å². The molecular formula is C7H12N4. The molecule has 4 nitrogen and oxygen atoms in total. The van der Waals surface area contributed by atoms with Gasteiger partial charge in [-0.15, -0.1) is 0 Å². The molecule has 0 saturated carbocycles. The van der Waals surface area contributed by atoms with Gasteiger partial charge in [-0.2, -0.15) is 0 Å². The van der Waals surface area contributed by atoms with Crippen molar-refractivity contribution in [3.63, 3.8) is 0 Å². The minimum Gasteiger partial charge on any atom is -0.352 e. The fourth-order valence-electron chi connectivity index (χ4n) is 1.32. The molecule has 1 aromatic heterocycles. The first-order valence-corrected chi connectivity index (χ1v) is 3.92. The number of rotatable bonds is 2. The Balaban J connectivity index is 1.90. The lowest BCUT2D eigenvalue weighted by Crippen LogP contribution is -2.22. The fourth-order valence-corrected chi connectivity index (χ4v) is 1.32. The van der Waals surface area contributed by atoms with Crippen LogP contribution in [0.2, 0.25) is 0 Å². The van der Waals surface area contributed by atoms with Crippen LogP contribution in [0.3, 0.4) is 0 Å². The Morgan fingerprint density at radius 2 is 2.64 bits per heavy atom. The van der Waals surface area contributed by atoms with E-state index < -0.39 is 0 Å². The smallest absolute Gasteiger partial charge is 0.200 e. The van der Waals surface area contributed by atoms with Gasteiger partial charge in [-0.1, -0.05) is 0 Å². The molecule has 0 bridgehead atoms. The average molecular weight is 152 g/mol. The number of nitrogens with one attached hydrogen (secondary N) is 3. The third kappa shape index (κ3) is 1.51. The second kappa shape index (κ2) is 2.92. The van der Waals surface area contributed by atoms with E-state index in [4.69, 9.17) is 0 Å². The van der Waals surface area contributed by atoms with Crippen molar-refractivity contribution < 1.29 is 0 Å². The zero-order valence-corrected chi connectivity index (χ0v) is 6.30. The van der Waals surface area contributed by atoms with E-state index in [2.05, 4.69) is 20.6 Å². The van der Waals surface area contributed by atoms with E-state index in [9.17, 15) is 0 Å². The predicted molar refractivity (Wildman–Crippen MR) is 43.5 cm³/mol. The van der Waals surface area contributed by atoms with Gasteiger partial charge in [0.25, 0.3) is 0 Å². The van der Waals surface area contributed by atoms with E-state index in [0.29, 0.717) is 6.04 Å². The summed E-state index contributed by atoms with van der Waals surface area (Å²) < 4.78 is 0. The highest BCUT2D eigenvalue weighted by Gasteiger charge is 2.13. The van der Waals surface area contributed by atoms with Gasteiger partial charge in [0, 0.05) is 25.0 Å². The first-order valence-electron chi connectivity index (χ1n) is 3.92. The Hall–Kier alpha value is -1.03. The van der Waals surface area contributed by atoms with Crippen molar-refractivity contribution in [1.82, 2.24) is 15.3 Å². The van der Waals surface area contributed by atoms with Crippen LogP contribution in [0.1, 0.15) is 6.42 Å². The lowest BCUT2D eigenvalue weighted by atomic mass is 10.3. The molecule has 1 atom stereocenters. The van der Waals surface area contributed by atoms with Crippen molar-refractivity contribution >= 4 is 5.95 Å². The van der Waals surface area contributed by atoms with Crippen LogP contribution in [0.5, 0.6) is 0 Å². The Morgan fingerprint density at radius 1 is 1.64 bits per heavy atom. The quantitative estimate of drug-likeness (QED) is 0.566. The summed E-state index contributed by atoms with van der Waals surface area (Å²) in [6, 6.07) is 0.543. The number of hydrogen-bond acceptors (Lipinski definition) is 3. The Bertz CT molecular complexity index is 200. The molecule has 0 amide bonds. The number of H-pyrrole nitrogens is 1. The number of imidazole rings is 1. The zero-order chi connectivity index (χ0) is 7.52. The van der Waals surface area contributed by atoms with Crippen molar-refractivity contribution in [2.24, 2.45) is 0 Å². The van der Waals surface area contributed by atoms with Crippen molar-refractivity contribution in [3.05, 3.63) is 12.4 Å². The highest BCUT2D eigenvalue weighted by atomic mass is 15.1. The Kier molecular flexibility index (Phi) is 1.77. The molecular weight excluding hydrogens is 140 g/mol. The molecule has 3 N–H and O–H groups in total. The van der Waals surface area contributed by atoms with Gasteiger partial charge in [0.15, 0.2) is 5.95 Å². The summed E-state index contributed by atoms with van der Waals surface area (Å²) in [4.78, 5) is 7.10. The van der Waals surface area contributed by atoms with Crippen LogP contribution in [0, 0.1) is 0 Å². The fraction of sp³-hybridized carbons (Fsp3) is 0.571. The summed E-state index contributed by atoms with van der Waals surface area (Å²) in [5, 5.41) is 6.57. The summed E-state index contributed by atoms with van der Waals surface area (Å²) in [5.41, 5.74) is 0. The molecule has 4 heteroatoms. The molecule has 1 saturated heterocycles. The third-order valence-corrected chi connectivity index (χ3v) is 1.90. The summed E-state index contributed by atoms with van der Waals surface area (Å²) in [6.45, 7) is 2.15. The molecule has 1 fully saturated rings. The van der Waals surface area contributed by atoms with Gasteiger partial charge in [-0.05, 0) is 13.0 Å². The van der Waals surface area contributed by atoms with Crippen LogP contribution in [0.25, 0.3) is 0 Å². The molecule has 60 valence electrons. The highest BCUT2D eigenvalue weighted by Crippen LogP contribution is 2.04. The molecule has 0 spiro atoms. The van der Waals surface area contributed by atoms with Gasteiger partial charge in [-0.25, -0.2) is 4.98 Å². The van der Waals surface area contributed by atoms with Crippen molar-refractivity contribution in [2.45, 2.75) is 12.5 Å². The van der Waals surface area contributed by atoms with Crippen LogP contribution in [0.15, 0.2) is 12.4 Å². The monoisotopic (exact) mass is 152 g/mol. The molecule has 1 aromatic rings. The average Bonchev–Trinajstić information content (AvgIpc) is 2.60. The van der Waals surface area contributed by atoms with Crippen LogP contribution < -0.4 is 10.6 Å². The highest BCUT2D eigenvalue weighted by molar-refractivity contribution is 5.25. The van der Waals surface area contributed by atoms with E-state index >= 15 is 0 Å². The summed E-state index contributed by atoms with van der Waals surface area (Å²) in [7, 11) is 0. The standard InChI is InChI=1S/C7H12N4/c1-2-8-5-6(1)11-7-9-3-4-10-7/h3-4,6,8H,1-2,5H2,(H2,9,10,11)/t6-/m0/s1. The number of aromatic nitrogens is 2. The first-order chi connectivity index (χ1) is 5.45. The number of nitrogens with zero attached hydrogens (tertiary/aromatic N) is 1. The van der Waals surface area contributed by atoms with Crippen LogP contribution in [0.4, 0.5) is 5.95 Å². The number of anilines is 1. The maximum Gasteiger partial charge on any atom is 0.200 e. The SMILES string of the molecule is c1c[nH]c(N[C@H]2CCNC2)n1. The summed E-state index contributed by atoms with van der Waals surface area (Å²) in [5.74, 6) is 0.874. The maximum absolute atomic E-state index is 4.09. The largest absolute Gasteiger partial charge is 0.352 e. The van der Waals surface area contributed by atoms with Gasteiger partial charge >= 0.3 is 0 Å². The topological polar surface area (TPSA) is 52.7 Å². The van der Waals surface area contributed by atoms with Crippen LogP contribution >= 0.6 is 0 Å². The molecule has 0 radical (unpaired) electrons. The third-order valence-electron chi connectivity index (χ3n) is 1.90. The van der Waals surface area contributed by atoms with E-state index in [0.717, 1.165) is 19.0 Å². The van der Waals surface area contributed by atoms with Gasteiger partial charge in [0.1, 0.15) is 0 Å². The Labute approximate surface area is 65.4 Å². The van der Waals surface area contributed by atoms with E-state index in [1.807, 2.05) is 6.20 Å². The Morgan fingerprint density at radius 3 is 3.27 bits per heavy atom. The number of aromatic amines is 1. The van der Waals surface area contributed by atoms with Gasteiger partial charge in [0.05, 0.1) is 0 Å². The first kappa shape index (κ1) is 6.67. The van der Waals surface area contributed by atoms with Crippen LogP contribution in [-0.4, -0.2) is 29.1 Å². The normalized spacial score (nSPS) is 23.8. The van der Waals surface area contributed by atoms with Crippen molar-refractivity contribution in [3.8, 4) is 0 Å². The number of hydrogen-bond donors (Lipinski definition) is 3. The predicted octanol–water partition coefficient (Wildman–Crippen LogP) is 0.183. The molecule has 11 heavy (non-hydrogen) atoms. The summed E-state index contributed by atoms with van der Waals surface area (Å²) >= 11 is 0. The summed E-state index contributed by atoms with van der Waals surface area (Å²) in [6.07, 6.45) is 4.76. The lowest BCUT2D eigenvalue weighted by molar-refractivity contribution is 0.784. The van der Waals surface area contributed by atoms with Gasteiger partial charge in [0.2, 0.25) is 0 Å². The maximum atomic E-state index is 4.09. The van der Waals surface area contributed by atoms with Crippen molar-refractivity contribution in [2.75, 3.05) is 18.4 Å². The van der Waals surface area contributed by atoms with E-state index in [1.165, 1.54) is 6.42 Å². The minimum atomic E-state index is 0.543. The minimum absolute atomic E-state index is 0.543. The molecule has 1 aliphatic rings. The van der Waals surface area contributed by atoms with Gasteiger partial charge < -0.3 is 15.6 Å². The molecule has 2 heterocycles. The molecule has 0 aliphatic carbocycles. The molecule has 0 unspecified atom stereocenters. The van der Waals surface area contributed by atoms with E-state index in [1.54, 1.807) is 6.20 Å². The van der Waals surface area contributed by atoms with Crippen molar-refractivity contribution in [1.29, 1.82) is 0 Å². The molecule has 0 aromatic carbocycles. The second-order valence-corrected chi connectivity index (χ2v) is 2.77. The molecule has 1 aliphatic heterocycles. The second-order valence-electron chi connectivity index (χ2n) is 2.77. The van der Waals surface area contributed by atoms with Crippen LogP contribution in [-0.2, 0) is 0 Å². The van der Waals surface area contributed by atoms with E-state index in [-0.39, 0.29) is 0 Å². The molecule has 2 rings (SSSR count). The lowest BCUT2D eigenvalue weighted by Gasteiger charge is -2.08.